The van der Waals surface area contributed by atoms with Crippen molar-refractivity contribution in [1.29, 1.82) is 0 Å². The minimum atomic E-state index is -0.887. The lowest BCUT2D eigenvalue weighted by molar-refractivity contribution is -0.138. The predicted octanol–water partition coefficient (Wildman–Crippen LogP) is 1.81. The van der Waals surface area contributed by atoms with Gasteiger partial charge in [0.1, 0.15) is 11.4 Å². The van der Waals surface area contributed by atoms with Gasteiger partial charge in [-0.2, -0.15) is 0 Å². The maximum absolute atomic E-state index is 13.0. The number of phenols is 1. The predicted molar refractivity (Wildman–Crippen MR) is 97.2 cm³/mol. The lowest BCUT2D eigenvalue weighted by Crippen LogP contribution is -2.24. The van der Waals surface area contributed by atoms with Crippen LogP contribution in [0.15, 0.2) is 48.2 Å². The highest BCUT2D eigenvalue weighted by atomic mass is 16.5. The zero-order valence-corrected chi connectivity index (χ0v) is 14.9. The van der Waals surface area contributed by atoms with Crippen LogP contribution in [0, 0.1) is 0 Å². The highest BCUT2D eigenvalue weighted by Crippen LogP contribution is 2.37. The summed E-state index contributed by atoms with van der Waals surface area (Å²) < 4.78 is 9.13. The van der Waals surface area contributed by atoms with Crippen LogP contribution in [0.1, 0.15) is 31.8 Å². The highest BCUT2D eigenvalue weighted by molar-refractivity contribution is 6.31. The molecule has 0 bridgehead atoms. The van der Waals surface area contributed by atoms with Crippen molar-refractivity contribution in [3.63, 3.8) is 0 Å². The highest BCUT2D eigenvalue weighted by Gasteiger charge is 2.34. The fourth-order valence-corrected chi connectivity index (χ4v) is 2.89. The van der Waals surface area contributed by atoms with Crippen molar-refractivity contribution in [3.05, 3.63) is 70.4 Å². The van der Waals surface area contributed by atoms with Crippen molar-refractivity contribution in [2.45, 2.75) is 0 Å². The number of carbonyl (C=O) groups excluding carboxylic acids is 4. The number of aromatic hydroxyl groups is 1. The molecule has 0 unspecified atom stereocenters. The van der Waals surface area contributed by atoms with E-state index in [0.717, 1.165) is 20.3 Å². The van der Waals surface area contributed by atoms with Crippen LogP contribution in [0.5, 0.6) is 5.75 Å². The van der Waals surface area contributed by atoms with Crippen LogP contribution in [0.3, 0.4) is 0 Å². The lowest BCUT2D eigenvalue weighted by Gasteiger charge is -2.22. The fraction of sp³-hybridized carbons (Fsp3) is 0.100. The number of hydrogen-bond acceptors (Lipinski definition) is 8. The first-order chi connectivity index (χ1) is 13.4. The molecule has 0 saturated heterocycles. The van der Waals surface area contributed by atoms with Gasteiger partial charge in [-0.1, -0.05) is 24.3 Å². The fourth-order valence-electron chi connectivity index (χ4n) is 2.89. The number of fused-ring (bicyclic) bond motifs is 2. The number of rotatable bonds is 4. The minimum Gasteiger partial charge on any atom is -0.507 e. The summed E-state index contributed by atoms with van der Waals surface area (Å²) in [5.41, 5.74) is -0.196. The van der Waals surface area contributed by atoms with Crippen LogP contribution in [-0.2, 0) is 19.1 Å². The molecule has 0 radical (unpaired) electrons. The van der Waals surface area contributed by atoms with Crippen molar-refractivity contribution < 1.29 is 33.8 Å². The Morgan fingerprint density at radius 1 is 0.929 bits per heavy atom. The third-order valence-electron chi connectivity index (χ3n) is 4.19. The SMILES string of the molecule is COC(=O)/C=C(/Nc1ccc(O)c2c1C(=O)c1ccccc1C2=O)C(=O)OC. The summed E-state index contributed by atoms with van der Waals surface area (Å²) in [6, 6.07) is 8.76. The number of phenolic OH excluding ortho intramolecular Hbond substituents is 1. The Morgan fingerprint density at radius 3 is 2.11 bits per heavy atom. The number of ether oxygens (including phenoxy) is 2. The maximum atomic E-state index is 13.0. The van der Waals surface area contributed by atoms with Gasteiger partial charge >= 0.3 is 11.9 Å². The summed E-state index contributed by atoms with van der Waals surface area (Å²) in [6.07, 6.45) is 0.855. The molecule has 0 aliphatic heterocycles. The van der Waals surface area contributed by atoms with Crippen LogP contribution >= 0.6 is 0 Å². The third kappa shape index (κ3) is 3.11. The molecule has 2 N–H and O–H groups in total. The number of nitrogens with one attached hydrogen (secondary N) is 1. The van der Waals surface area contributed by atoms with Gasteiger partial charge in [-0.3, -0.25) is 9.59 Å². The van der Waals surface area contributed by atoms with E-state index < -0.39 is 23.5 Å². The standard InChI is InChI=1S/C20H15NO7/c1-27-15(23)9-13(20(26)28-2)21-12-7-8-14(22)17-16(12)18(24)10-5-3-4-6-11(10)19(17)25/h3-9,21-22H,1-2H3/b13-9+. The van der Waals surface area contributed by atoms with Gasteiger partial charge < -0.3 is 19.9 Å². The van der Waals surface area contributed by atoms with E-state index in [0.29, 0.717) is 0 Å². The van der Waals surface area contributed by atoms with Crippen molar-refractivity contribution in [1.82, 2.24) is 0 Å². The average Bonchev–Trinajstić information content (AvgIpc) is 2.71. The molecule has 0 fully saturated rings. The van der Waals surface area contributed by atoms with Gasteiger partial charge in [0.2, 0.25) is 0 Å². The van der Waals surface area contributed by atoms with E-state index in [1.807, 2.05) is 0 Å². The van der Waals surface area contributed by atoms with Crippen LogP contribution < -0.4 is 5.32 Å². The average molecular weight is 381 g/mol. The molecule has 0 spiro atoms. The molecule has 0 heterocycles. The number of benzene rings is 2. The van der Waals surface area contributed by atoms with Gasteiger partial charge in [0.05, 0.1) is 37.1 Å². The number of carbonyl (C=O) groups is 4. The first-order valence-electron chi connectivity index (χ1n) is 8.08. The summed E-state index contributed by atoms with van der Waals surface area (Å²) in [7, 11) is 2.25. The number of esters is 2. The maximum Gasteiger partial charge on any atom is 0.354 e. The van der Waals surface area contributed by atoms with Crippen molar-refractivity contribution in [3.8, 4) is 5.75 Å². The first-order valence-corrected chi connectivity index (χ1v) is 8.08. The van der Waals surface area contributed by atoms with Gasteiger partial charge in [0, 0.05) is 11.1 Å². The molecule has 3 rings (SSSR count). The molecule has 2 aromatic rings. The molecule has 142 valence electrons. The van der Waals surface area contributed by atoms with E-state index >= 15 is 0 Å². The van der Waals surface area contributed by atoms with Gasteiger partial charge in [0.15, 0.2) is 11.6 Å². The summed E-state index contributed by atoms with van der Waals surface area (Å²) in [4.78, 5) is 49.3. The Kier molecular flexibility index (Phi) is 4.95. The molecule has 1 aliphatic carbocycles. The Labute approximate surface area is 159 Å². The van der Waals surface area contributed by atoms with Gasteiger partial charge in [-0.05, 0) is 12.1 Å². The quantitative estimate of drug-likeness (QED) is 0.399. The molecule has 0 atom stereocenters. The molecule has 8 nitrogen and oxygen atoms in total. The van der Waals surface area contributed by atoms with E-state index in [4.69, 9.17) is 0 Å². The number of anilines is 1. The van der Waals surface area contributed by atoms with Gasteiger partial charge in [-0.15, -0.1) is 0 Å². The van der Waals surface area contributed by atoms with Gasteiger partial charge in [-0.25, -0.2) is 9.59 Å². The van der Waals surface area contributed by atoms with E-state index in [1.165, 1.54) is 24.3 Å². The van der Waals surface area contributed by atoms with Crippen LogP contribution in [0.4, 0.5) is 5.69 Å². The van der Waals surface area contributed by atoms with Crippen molar-refractivity contribution >= 4 is 29.2 Å². The summed E-state index contributed by atoms with van der Waals surface area (Å²) >= 11 is 0. The summed E-state index contributed by atoms with van der Waals surface area (Å²) in [6.45, 7) is 0. The van der Waals surface area contributed by atoms with E-state index in [1.54, 1.807) is 12.1 Å². The molecular weight excluding hydrogens is 366 g/mol. The van der Waals surface area contributed by atoms with E-state index in [-0.39, 0.29) is 39.4 Å². The van der Waals surface area contributed by atoms with E-state index in [2.05, 4.69) is 14.8 Å². The largest absolute Gasteiger partial charge is 0.507 e. The minimum absolute atomic E-state index is 0.0567. The molecule has 0 aromatic heterocycles. The molecule has 0 saturated carbocycles. The molecular formula is C20H15NO7. The van der Waals surface area contributed by atoms with Crippen LogP contribution in [0.25, 0.3) is 0 Å². The zero-order valence-electron chi connectivity index (χ0n) is 14.9. The zero-order chi connectivity index (χ0) is 20.4. The van der Waals surface area contributed by atoms with Gasteiger partial charge in [0.25, 0.3) is 0 Å². The second-order valence-electron chi connectivity index (χ2n) is 5.78. The Balaban J connectivity index is 2.16. The Bertz CT molecular complexity index is 1050. The monoisotopic (exact) mass is 381 g/mol. The molecule has 8 heteroatoms. The summed E-state index contributed by atoms with van der Waals surface area (Å²) in [5.74, 6) is -3.12. The van der Waals surface area contributed by atoms with Crippen molar-refractivity contribution in [2.75, 3.05) is 19.5 Å². The smallest absolute Gasteiger partial charge is 0.354 e. The molecule has 28 heavy (non-hydrogen) atoms. The molecule has 2 aromatic carbocycles. The molecule has 0 amide bonds. The third-order valence-corrected chi connectivity index (χ3v) is 4.19. The number of ketones is 2. The Hall–Kier alpha value is -3.94. The number of hydrogen-bond donors (Lipinski definition) is 2. The molecule has 1 aliphatic rings. The topological polar surface area (TPSA) is 119 Å². The second kappa shape index (κ2) is 7.36. The second-order valence-corrected chi connectivity index (χ2v) is 5.78. The normalized spacial score (nSPS) is 12.7. The lowest BCUT2D eigenvalue weighted by atomic mass is 9.82. The van der Waals surface area contributed by atoms with Crippen LogP contribution in [-0.4, -0.2) is 42.8 Å². The number of methoxy groups -OCH3 is 2. The first kappa shape index (κ1) is 18.8. The van der Waals surface area contributed by atoms with Crippen molar-refractivity contribution in [2.24, 2.45) is 0 Å². The van der Waals surface area contributed by atoms with E-state index in [9.17, 15) is 24.3 Å². The van der Waals surface area contributed by atoms with Crippen LogP contribution in [0.2, 0.25) is 0 Å². The summed E-state index contributed by atoms with van der Waals surface area (Å²) in [5, 5.41) is 12.8. The Morgan fingerprint density at radius 2 is 1.54 bits per heavy atom.